The summed E-state index contributed by atoms with van der Waals surface area (Å²) in [7, 11) is 0. The summed E-state index contributed by atoms with van der Waals surface area (Å²) in [5.74, 6) is -0.450. The second kappa shape index (κ2) is 7.36. The average molecular weight is 283 g/mol. The quantitative estimate of drug-likeness (QED) is 0.604. The molecule has 2 rings (SSSR count). The number of nitrogens with zero attached hydrogens (tertiary/aromatic N) is 1. The first-order chi connectivity index (χ1) is 10.2. The van der Waals surface area contributed by atoms with Crippen molar-refractivity contribution in [1.82, 2.24) is 5.06 Å². The van der Waals surface area contributed by atoms with Crippen molar-refractivity contribution in [3.05, 3.63) is 71.8 Å². The monoisotopic (exact) mass is 283 g/mol. The molecular weight excluding hydrogens is 266 g/mol. The topological polar surface area (TPSA) is 46.6 Å². The van der Waals surface area contributed by atoms with Gasteiger partial charge in [-0.3, -0.25) is 4.79 Å². The molecule has 108 valence electrons. The summed E-state index contributed by atoms with van der Waals surface area (Å²) >= 11 is 0. The third-order valence-corrected chi connectivity index (χ3v) is 3.01. The lowest BCUT2D eigenvalue weighted by atomic mass is 10.1. The van der Waals surface area contributed by atoms with Gasteiger partial charge in [0, 0.05) is 6.92 Å². The molecule has 0 amide bonds. The first kappa shape index (κ1) is 14.9. The lowest BCUT2D eigenvalue weighted by molar-refractivity contribution is -0.202. The Labute approximate surface area is 123 Å². The third kappa shape index (κ3) is 4.26. The highest BCUT2D eigenvalue weighted by atomic mass is 16.7. The van der Waals surface area contributed by atoms with Gasteiger partial charge in [0.25, 0.3) is 0 Å². The van der Waals surface area contributed by atoms with Crippen LogP contribution >= 0.6 is 0 Å². The molecule has 0 aliphatic carbocycles. The van der Waals surface area contributed by atoms with E-state index in [0.717, 1.165) is 17.4 Å². The molecule has 0 aliphatic heterocycles. The highest BCUT2D eigenvalue weighted by Crippen LogP contribution is 2.21. The number of rotatable bonds is 6. The van der Waals surface area contributed by atoms with E-state index in [1.54, 1.807) is 0 Å². The van der Waals surface area contributed by atoms with Crippen LogP contribution in [0.5, 0.6) is 0 Å². The van der Waals surface area contributed by atoms with Crippen molar-refractivity contribution >= 4 is 12.3 Å². The Balaban J connectivity index is 2.25. The number of benzene rings is 2. The minimum absolute atomic E-state index is 0.346. The van der Waals surface area contributed by atoms with Crippen molar-refractivity contribution in [2.45, 2.75) is 19.5 Å². The summed E-state index contributed by atoms with van der Waals surface area (Å²) in [5, 5.41) is 1.40. The zero-order chi connectivity index (χ0) is 15.1. The van der Waals surface area contributed by atoms with Gasteiger partial charge in [-0.2, -0.15) is 0 Å². The lowest BCUT2D eigenvalue weighted by Crippen LogP contribution is -2.31. The molecule has 1 atom stereocenters. The fourth-order valence-electron chi connectivity index (χ4n) is 2.08. The van der Waals surface area contributed by atoms with E-state index >= 15 is 0 Å². The third-order valence-electron chi connectivity index (χ3n) is 3.01. The first-order valence-electron chi connectivity index (χ1n) is 6.70. The van der Waals surface area contributed by atoms with Crippen LogP contribution in [0.2, 0.25) is 0 Å². The molecule has 0 spiro atoms. The van der Waals surface area contributed by atoms with Crippen molar-refractivity contribution in [1.29, 1.82) is 0 Å². The molecule has 0 heterocycles. The number of hydroxylamine groups is 2. The van der Waals surface area contributed by atoms with Crippen LogP contribution in [0.3, 0.4) is 0 Å². The maximum absolute atomic E-state index is 11.5. The molecule has 0 saturated heterocycles. The SMILES string of the molecule is CC(=O)ON(Cc1ccccc1)[C@@H](C=O)c1ccccc1. The van der Waals surface area contributed by atoms with Gasteiger partial charge in [0.05, 0.1) is 6.54 Å². The minimum Gasteiger partial charge on any atom is -0.367 e. The molecule has 2 aromatic carbocycles. The van der Waals surface area contributed by atoms with E-state index in [2.05, 4.69) is 0 Å². The van der Waals surface area contributed by atoms with Gasteiger partial charge in [0.1, 0.15) is 12.3 Å². The van der Waals surface area contributed by atoms with Crippen LogP contribution in [0.25, 0.3) is 0 Å². The Morgan fingerprint density at radius 1 is 1.10 bits per heavy atom. The van der Waals surface area contributed by atoms with Crippen molar-refractivity contribution in [2.75, 3.05) is 0 Å². The number of hydrogen-bond acceptors (Lipinski definition) is 4. The van der Waals surface area contributed by atoms with Gasteiger partial charge in [0.2, 0.25) is 0 Å². The van der Waals surface area contributed by atoms with Crippen molar-refractivity contribution < 1.29 is 14.4 Å². The van der Waals surface area contributed by atoms with Crippen LogP contribution < -0.4 is 0 Å². The van der Waals surface area contributed by atoms with Crippen LogP contribution in [0.1, 0.15) is 24.1 Å². The van der Waals surface area contributed by atoms with Crippen LogP contribution in [0.15, 0.2) is 60.7 Å². The molecule has 2 aromatic rings. The van der Waals surface area contributed by atoms with E-state index < -0.39 is 12.0 Å². The fraction of sp³-hybridized carbons (Fsp3) is 0.176. The van der Waals surface area contributed by atoms with Crippen LogP contribution in [0.4, 0.5) is 0 Å². The summed E-state index contributed by atoms with van der Waals surface area (Å²) in [4.78, 5) is 28.0. The molecular formula is C17H17NO3. The van der Waals surface area contributed by atoms with Gasteiger partial charge in [-0.15, -0.1) is 5.06 Å². The van der Waals surface area contributed by atoms with Crippen LogP contribution in [0, 0.1) is 0 Å². The summed E-state index contributed by atoms with van der Waals surface area (Å²) < 4.78 is 0. The molecule has 4 heteroatoms. The summed E-state index contributed by atoms with van der Waals surface area (Å²) in [5.41, 5.74) is 1.74. The van der Waals surface area contributed by atoms with Crippen LogP contribution in [-0.4, -0.2) is 17.3 Å². The van der Waals surface area contributed by atoms with E-state index in [9.17, 15) is 9.59 Å². The number of carbonyl (C=O) groups is 2. The average Bonchev–Trinajstić information content (AvgIpc) is 2.49. The van der Waals surface area contributed by atoms with E-state index in [-0.39, 0.29) is 0 Å². The Bertz CT molecular complexity index is 583. The highest BCUT2D eigenvalue weighted by Gasteiger charge is 2.23. The van der Waals surface area contributed by atoms with E-state index in [0.29, 0.717) is 6.54 Å². The van der Waals surface area contributed by atoms with E-state index in [4.69, 9.17) is 4.84 Å². The number of aldehydes is 1. The predicted molar refractivity (Wildman–Crippen MR) is 79.0 cm³/mol. The van der Waals surface area contributed by atoms with Gasteiger partial charge >= 0.3 is 5.97 Å². The van der Waals surface area contributed by atoms with E-state index in [1.165, 1.54) is 12.0 Å². The fourth-order valence-corrected chi connectivity index (χ4v) is 2.08. The zero-order valence-electron chi connectivity index (χ0n) is 11.8. The van der Waals surface area contributed by atoms with Crippen LogP contribution in [-0.2, 0) is 21.0 Å². The molecule has 0 bridgehead atoms. The zero-order valence-corrected chi connectivity index (χ0v) is 11.8. The molecule has 0 aliphatic rings. The predicted octanol–water partition coefficient (Wildman–Crippen LogP) is 2.91. The molecule has 4 nitrogen and oxygen atoms in total. The molecule has 0 fully saturated rings. The summed E-state index contributed by atoms with van der Waals surface area (Å²) in [6.07, 6.45) is 0.779. The maximum atomic E-state index is 11.5. The summed E-state index contributed by atoms with van der Waals surface area (Å²) in [6, 6.07) is 18.2. The van der Waals surface area contributed by atoms with E-state index in [1.807, 2.05) is 60.7 Å². The maximum Gasteiger partial charge on any atom is 0.322 e. The second-order valence-corrected chi connectivity index (χ2v) is 4.64. The molecule has 0 saturated carbocycles. The Morgan fingerprint density at radius 2 is 1.67 bits per heavy atom. The standard InChI is InChI=1S/C17H17NO3/c1-14(20)21-18(12-15-8-4-2-5-9-15)17(13-19)16-10-6-3-7-11-16/h2-11,13,17H,12H2,1H3/t17-/m0/s1. The first-order valence-corrected chi connectivity index (χ1v) is 6.70. The van der Waals surface area contributed by atoms with Crippen molar-refractivity contribution in [2.24, 2.45) is 0 Å². The molecule has 0 aromatic heterocycles. The molecule has 0 radical (unpaired) electrons. The normalized spacial score (nSPS) is 11.9. The Hall–Kier alpha value is -2.46. The number of hydrogen-bond donors (Lipinski definition) is 0. The number of carbonyl (C=O) groups excluding carboxylic acids is 2. The smallest absolute Gasteiger partial charge is 0.322 e. The highest BCUT2D eigenvalue weighted by molar-refractivity contribution is 5.66. The Kier molecular flexibility index (Phi) is 5.23. The Morgan fingerprint density at radius 3 is 2.19 bits per heavy atom. The van der Waals surface area contributed by atoms with Gasteiger partial charge < -0.3 is 9.63 Å². The van der Waals surface area contributed by atoms with Gasteiger partial charge in [-0.25, -0.2) is 0 Å². The lowest BCUT2D eigenvalue weighted by Gasteiger charge is -2.26. The molecule has 21 heavy (non-hydrogen) atoms. The minimum atomic E-state index is -0.629. The van der Waals surface area contributed by atoms with Crippen molar-refractivity contribution in [3.8, 4) is 0 Å². The van der Waals surface area contributed by atoms with Crippen molar-refractivity contribution in [3.63, 3.8) is 0 Å². The van der Waals surface area contributed by atoms with Gasteiger partial charge in [-0.05, 0) is 11.1 Å². The second-order valence-electron chi connectivity index (χ2n) is 4.64. The molecule has 0 unspecified atom stereocenters. The summed E-state index contributed by atoms with van der Waals surface area (Å²) in [6.45, 7) is 1.67. The molecule has 0 N–H and O–H groups in total. The van der Waals surface area contributed by atoms with Gasteiger partial charge in [0.15, 0.2) is 0 Å². The largest absolute Gasteiger partial charge is 0.367 e. The van der Waals surface area contributed by atoms with Gasteiger partial charge in [-0.1, -0.05) is 60.7 Å².